The van der Waals surface area contributed by atoms with Crippen LogP contribution in [0, 0.1) is 0 Å². The van der Waals surface area contributed by atoms with E-state index in [1.165, 1.54) is 67.8 Å². The number of benzene rings is 1. The summed E-state index contributed by atoms with van der Waals surface area (Å²) in [5.74, 6) is 0. The maximum Gasteiger partial charge on any atom is 0.0328 e. The molecule has 1 atom stereocenters. The van der Waals surface area contributed by atoms with Crippen LogP contribution in [0.25, 0.3) is 0 Å². The highest BCUT2D eigenvalue weighted by Gasteiger charge is 2.12. The molecule has 0 aromatic heterocycles. The fourth-order valence-electron chi connectivity index (χ4n) is 2.72. The molecule has 1 aromatic carbocycles. The molecular formula is C18H29Br2N. The maximum absolute atomic E-state index is 3.68. The van der Waals surface area contributed by atoms with Gasteiger partial charge in [0.15, 0.2) is 0 Å². The number of hydrogen-bond acceptors (Lipinski definition) is 1. The molecule has 21 heavy (non-hydrogen) atoms. The Bertz CT molecular complexity index is 393. The second-order valence-electron chi connectivity index (χ2n) is 5.77. The Kier molecular flexibility index (Phi) is 10.7. The summed E-state index contributed by atoms with van der Waals surface area (Å²) >= 11 is 7.19. The predicted octanol–water partition coefficient (Wildman–Crippen LogP) is 7.00. The molecule has 0 radical (unpaired) electrons. The van der Waals surface area contributed by atoms with E-state index in [-0.39, 0.29) is 0 Å². The lowest BCUT2D eigenvalue weighted by Crippen LogP contribution is -2.16. The second-order valence-corrected chi connectivity index (χ2v) is 7.54. The first-order valence-corrected chi connectivity index (χ1v) is 9.89. The average molecular weight is 419 g/mol. The van der Waals surface area contributed by atoms with Crippen molar-refractivity contribution in [2.75, 3.05) is 7.05 Å². The Morgan fingerprint density at radius 1 is 0.952 bits per heavy atom. The summed E-state index contributed by atoms with van der Waals surface area (Å²) < 4.78 is 2.32. The third-order valence-corrected chi connectivity index (χ3v) is 5.21. The lowest BCUT2D eigenvalue weighted by atomic mass is 9.99. The molecule has 1 N–H and O–H groups in total. The topological polar surface area (TPSA) is 12.0 Å². The van der Waals surface area contributed by atoms with Crippen LogP contribution in [0.5, 0.6) is 0 Å². The third kappa shape index (κ3) is 7.80. The van der Waals surface area contributed by atoms with E-state index >= 15 is 0 Å². The van der Waals surface area contributed by atoms with E-state index in [0.29, 0.717) is 6.04 Å². The van der Waals surface area contributed by atoms with Crippen molar-refractivity contribution in [2.24, 2.45) is 0 Å². The molecule has 0 saturated carbocycles. The van der Waals surface area contributed by atoms with Crippen LogP contribution >= 0.6 is 31.9 Å². The molecule has 0 spiro atoms. The van der Waals surface area contributed by atoms with E-state index in [2.05, 4.69) is 69.3 Å². The summed E-state index contributed by atoms with van der Waals surface area (Å²) in [6.45, 7) is 2.28. The van der Waals surface area contributed by atoms with Crippen LogP contribution in [-0.2, 0) is 0 Å². The van der Waals surface area contributed by atoms with Gasteiger partial charge in [-0.2, -0.15) is 0 Å². The first-order valence-electron chi connectivity index (χ1n) is 8.31. The van der Waals surface area contributed by atoms with E-state index < -0.39 is 0 Å². The van der Waals surface area contributed by atoms with Gasteiger partial charge in [-0.25, -0.2) is 0 Å². The quantitative estimate of drug-likeness (QED) is 0.381. The highest BCUT2D eigenvalue weighted by molar-refractivity contribution is 9.11. The SMILES string of the molecule is CCCCCCCCCCC(NC)c1ccc(Br)cc1Br. The molecule has 0 fully saturated rings. The molecule has 0 saturated heterocycles. The van der Waals surface area contributed by atoms with Crippen molar-refractivity contribution >= 4 is 31.9 Å². The Morgan fingerprint density at radius 2 is 1.57 bits per heavy atom. The van der Waals surface area contributed by atoms with Gasteiger partial charge < -0.3 is 5.32 Å². The lowest BCUT2D eigenvalue weighted by molar-refractivity contribution is 0.493. The second kappa shape index (κ2) is 11.7. The molecule has 0 heterocycles. The van der Waals surface area contributed by atoms with Crippen LogP contribution in [0.1, 0.15) is 76.3 Å². The standard InChI is InChI=1S/C18H29Br2N/c1-3-4-5-6-7-8-9-10-11-18(21-2)16-13-12-15(19)14-17(16)20/h12-14,18,21H,3-11H2,1-2H3. The molecule has 0 aliphatic carbocycles. The van der Waals surface area contributed by atoms with Crippen LogP contribution in [0.3, 0.4) is 0 Å². The Balaban J connectivity index is 2.25. The van der Waals surface area contributed by atoms with Crippen molar-refractivity contribution < 1.29 is 0 Å². The highest BCUT2D eigenvalue weighted by Crippen LogP contribution is 2.29. The summed E-state index contributed by atoms with van der Waals surface area (Å²) in [6, 6.07) is 6.92. The van der Waals surface area contributed by atoms with Crippen LogP contribution in [0.4, 0.5) is 0 Å². The van der Waals surface area contributed by atoms with Crippen molar-refractivity contribution in [3.8, 4) is 0 Å². The summed E-state index contributed by atoms with van der Waals surface area (Å²) in [5, 5.41) is 3.45. The van der Waals surface area contributed by atoms with E-state index in [1.807, 2.05) is 0 Å². The smallest absolute Gasteiger partial charge is 0.0328 e. The van der Waals surface area contributed by atoms with Gasteiger partial charge in [0.05, 0.1) is 0 Å². The molecule has 0 bridgehead atoms. The number of hydrogen-bond donors (Lipinski definition) is 1. The molecule has 0 aliphatic rings. The molecule has 1 unspecified atom stereocenters. The van der Waals surface area contributed by atoms with Crippen molar-refractivity contribution in [1.82, 2.24) is 5.32 Å². The van der Waals surface area contributed by atoms with Crippen molar-refractivity contribution in [3.05, 3.63) is 32.7 Å². The van der Waals surface area contributed by atoms with Gasteiger partial charge in [0.25, 0.3) is 0 Å². The van der Waals surface area contributed by atoms with Crippen molar-refractivity contribution in [3.63, 3.8) is 0 Å². The van der Waals surface area contributed by atoms with Gasteiger partial charge in [-0.1, -0.05) is 96.2 Å². The van der Waals surface area contributed by atoms with Crippen molar-refractivity contribution in [2.45, 2.75) is 70.8 Å². The zero-order valence-corrected chi connectivity index (χ0v) is 16.6. The minimum absolute atomic E-state index is 0.451. The molecule has 120 valence electrons. The Morgan fingerprint density at radius 3 is 2.14 bits per heavy atom. The number of unbranched alkanes of at least 4 members (excludes halogenated alkanes) is 7. The molecule has 3 heteroatoms. The minimum Gasteiger partial charge on any atom is -0.313 e. The zero-order chi connectivity index (χ0) is 15.5. The number of halogens is 2. The van der Waals surface area contributed by atoms with E-state index in [0.717, 1.165) is 4.47 Å². The first kappa shape index (κ1) is 19.2. The summed E-state index contributed by atoms with van der Waals surface area (Å²) in [6.07, 6.45) is 12.3. The molecule has 0 amide bonds. The van der Waals surface area contributed by atoms with Gasteiger partial charge in [-0.05, 0) is 31.2 Å². The van der Waals surface area contributed by atoms with Crippen LogP contribution in [-0.4, -0.2) is 7.05 Å². The average Bonchev–Trinajstić information content (AvgIpc) is 2.47. The Hall–Kier alpha value is 0.140. The van der Waals surface area contributed by atoms with Gasteiger partial charge in [0.1, 0.15) is 0 Å². The van der Waals surface area contributed by atoms with E-state index in [1.54, 1.807) is 0 Å². The number of nitrogens with one attached hydrogen (secondary N) is 1. The molecule has 1 nitrogen and oxygen atoms in total. The summed E-state index contributed by atoms with van der Waals surface area (Å²) in [7, 11) is 2.06. The maximum atomic E-state index is 3.68. The monoisotopic (exact) mass is 417 g/mol. The van der Waals surface area contributed by atoms with Crippen LogP contribution in [0.15, 0.2) is 27.1 Å². The molecular weight excluding hydrogens is 390 g/mol. The highest BCUT2D eigenvalue weighted by atomic mass is 79.9. The fraction of sp³-hybridized carbons (Fsp3) is 0.667. The van der Waals surface area contributed by atoms with Gasteiger partial charge in [0.2, 0.25) is 0 Å². The van der Waals surface area contributed by atoms with Crippen LogP contribution in [0.2, 0.25) is 0 Å². The van der Waals surface area contributed by atoms with E-state index in [9.17, 15) is 0 Å². The van der Waals surface area contributed by atoms with Gasteiger partial charge in [-0.15, -0.1) is 0 Å². The normalized spacial score (nSPS) is 12.6. The largest absolute Gasteiger partial charge is 0.313 e. The summed E-state index contributed by atoms with van der Waals surface area (Å²) in [5.41, 5.74) is 1.36. The fourth-order valence-corrected chi connectivity index (χ4v) is 4.05. The van der Waals surface area contributed by atoms with Crippen LogP contribution < -0.4 is 5.32 Å². The first-order chi connectivity index (χ1) is 10.2. The van der Waals surface area contributed by atoms with Gasteiger partial charge in [-0.3, -0.25) is 0 Å². The van der Waals surface area contributed by atoms with Gasteiger partial charge >= 0.3 is 0 Å². The van der Waals surface area contributed by atoms with Gasteiger partial charge in [0, 0.05) is 15.0 Å². The third-order valence-electron chi connectivity index (χ3n) is 4.03. The van der Waals surface area contributed by atoms with Crippen molar-refractivity contribution in [1.29, 1.82) is 0 Å². The molecule has 1 aromatic rings. The summed E-state index contributed by atoms with van der Waals surface area (Å²) in [4.78, 5) is 0. The zero-order valence-electron chi connectivity index (χ0n) is 13.4. The lowest BCUT2D eigenvalue weighted by Gasteiger charge is -2.18. The Labute approximate surface area is 147 Å². The molecule has 1 rings (SSSR count). The predicted molar refractivity (Wildman–Crippen MR) is 101 cm³/mol. The molecule has 0 aliphatic heterocycles. The minimum atomic E-state index is 0.451. The number of rotatable bonds is 11. The van der Waals surface area contributed by atoms with E-state index in [4.69, 9.17) is 0 Å².